The van der Waals surface area contributed by atoms with Crippen LogP contribution in [-0.4, -0.2) is 23.9 Å². The lowest BCUT2D eigenvalue weighted by atomic mass is 9.94. The SMILES string of the molecule is Cc1ccccc1CN/C=C(/C#N)C(=O)N(C)C1CCCCC1. The van der Waals surface area contributed by atoms with Crippen LogP contribution in [0, 0.1) is 18.3 Å². The predicted molar refractivity (Wildman–Crippen MR) is 91.4 cm³/mol. The average Bonchev–Trinajstić information content (AvgIpc) is 2.60. The molecule has 0 aromatic heterocycles. The van der Waals surface area contributed by atoms with E-state index in [1.54, 1.807) is 11.1 Å². The van der Waals surface area contributed by atoms with E-state index >= 15 is 0 Å². The number of nitriles is 1. The topological polar surface area (TPSA) is 56.1 Å². The third kappa shape index (κ3) is 4.59. The smallest absolute Gasteiger partial charge is 0.265 e. The third-order valence-corrected chi connectivity index (χ3v) is 4.59. The lowest BCUT2D eigenvalue weighted by Gasteiger charge is -2.31. The molecule has 0 unspecified atom stereocenters. The van der Waals surface area contributed by atoms with E-state index in [9.17, 15) is 10.1 Å². The summed E-state index contributed by atoms with van der Waals surface area (Å²) in [5.74, 6) is -0.184. The molecule has 0 aliphatic heterocycles. The van der Waals surface area contributed by atoms with Gasteiger partial charge in [-0.15, -0.1) is 0 Å². The molecule has 23 heavy (non-hydrogen) atoms. The first-order chi connectivity index (χ1) is 11.1. The Balaban J connectivity index is 1.96. The van der Waals surface area contributed by atoms with Crippen molar-refractivity contribution in [1.29, 1.82) is 5.26 Å². The molecule has 1 aromatic carbocycles. The van der Waals surface area contributed by atoms with Gasteiger partial charge in [0.1, 0.15) is 11.6 Å². The quantitative estimate of drug-likeness (QED) is 0.670. The lowest BCUT2D eigenvalue weighted by Crippen LogP contribution is -2.39. The van der Waals surface area contributed by atoms with Crippen molar-refractivity contribution in [3.63, 3.8) is 0 Å². The summed E-state index contributed by atoms with van der Waals surface area (Å²) in [7, 11) is 1.81. The van der Waals surface area contributed by atoms with Crippen molar-refractivity contribution in [2.45, 2.75) is 51.6 Å². The van der Waals surface area contributed by atoms with Gasteiger partial charge in [-0.05, 0) is 30.9 Å². The summed E-state index contributed by atoms with van der Waals surface area (Å²) in [6.07, 6.45) is 7.21. The molecule has 1 aromatic rings. The first kappa shape index (κ1) is 17.1. The summed E-state index contributed by atoms with van der Waals surface area (Å²) in [5.41, 5.74) is 2.53. The van der Waals surface area contributed by atoms with Crippen LogP contribution >= 0.6 is 0 Å². The molecular formula is C19H25N3O. The molecule has 1 aliphatic rings. The molecule has 1 saturated carbocycles. The fourth-order valence-corrected chi connectivity index (χ4v) is 3.04. The molecule has 4 nitrogen and oxygen atoms in total. The Hall–Kier alpha value is -2.28. The van der Waals surface area contributed by atoms with Crippen LogP contribution in [-0.2, 0) is 11.3 Å². The number of likely N-dealkylation sites (N-methyl/N-ethyl adjacent to an activating group) is 1. The highest BCUT2D eigenvalue weighted by atomic mass is 16.2. The third-order valence-electron chi connectivity index (χ3n) is 4.59. The van der Waals surface area contributed by atoms with Crippen LogP contribution in [0.15, 0.2) is 36.0 Å². The highest BCUT2D eigenvalue weighted by Gasteiger charge is 2.24. The minimum atomic E-state index is -0.184. The second-order valence-corrected chi connectivity index (χ2v) is 6.19. The summed E-state index contributed by atoms with van der Waals surface area (Å²) < 4.78 is 0. The number of carbonyl (C=O) groups excluding carboxylic acids is 1. The van der Waals surface area contributed by atoms with E-state index in [1.807, 2.05) is 44.3 Å². The molecule has 1 amide bonds. The number of aryl methyl sites for hydroxylation is 1. The highest BCUT2D eigenvalue weighted by molar-refractivity contribution is 5.97. The number of nitrogens with zero attached hydrogens (tertiary/aromatic N) is 2. The Morgan fingerprint density at radius 1 is 1.35 bits per heavy atom. The average molecular weight is 311 g/mol. The monoisotopic (exact) mass is 311 g/mol. The fraction of sp³-hybridized carbons (Fsp3) is 0.474. The number of carbonyl (C=O) groups is 1. The van der Waals surface area contributed by atoms with Crippen LogP contribution in [0.2, 0.25) is 0 Å². The normalized spacial score (nSPS) is 15.8. The minimum Gasteiger partial charge on any atom is -0.386 e. The van der Waals surface area contributed by atoms with Gasteiger partial charge < -0.3 is 10.2 Å². The van der Waals surface area contributed by atoms with E-state index in [0.29, 0.717) is 6.54 Å². The Morgan fingerprint density at radius 2 is 2.04 bits per heavy atom. The van der Waals surface area contributed by atoms with Crippen molar-refractivity contribution < 1.29 is 4.79 Å². The number of amides is 1. The molecule has 0 spiro atoms. The van der Waals surface area contributed by atoms with E-state index in [0.717, 1.165) is 18.4 Å². The highest BCUT2D eigenvalue weighted by Crippen LogP contribution is 2.22. The maximum Gasteiger partial charge on any atom is 0.265 e. The summed E-state index contributed by atoms with van der Waals surface area (Å²) in [5, 5.41) is 12.4. The van der Waals surface area contributed by atoms with Crippen molar-refractivity contribution >= 4 is 5.91 Å². The Bertz CT molecular complexity index is 609. The molecule has 4 heteroatoms. The van der Waals surface area contributed by atoms with Gasteiger partial charge in [-0.3, -0.25) is 4.79 Å². The van der Waals surface area contributed by atoms with Gasteiger partial charge >= 0.3 is 0 Å². The first-order valence-electron chi connectivity index (χ1n) is 8.29. The molecule has 0 atom stereocenters. The maximum atomic E-state index is 12.5. The number of hydrogen-bond acceptors (Lipinski definition) is 3. The number of benzene rings is 1. The van der Waals surface area contributed by atoms with Gasteiger partial charge in [0.05, 0.1) is 0 Å². The van der Waals surface area contributed by atoms with Crippen LogP contribution in [0.5, 0.6) is 0 Å². The number of rotatable bonds is 5. The molecule has 1 fully saturated rings. The second-order valence-electron chi connectivity index (χ2n) is 6.19. The predicted octanol–water partition coefficient (Wildman–Crippen LogP) is 3.28. The van der Waals surface area contributed by atoms with Crippen LogP contribution in [0.4, 0.5) is 0 Å². The van der Waals surface area contributed by atoms with E-state index in [-0.39, 0.29) is 17.5 Å². The zero-order chi connectivity index (χ0) is 16.7. The molecular weight excluding hydrogens is 286 g/mol. The van der Waals surface area contributed by atoms with E-state index in [4.69, 9.17) is 0 Å². The van der Waals surface area contributed by atoms with Crippen LogP contribution in [0.1, 0.15) is 43.2 Å². The molecule has 0 radical (unpaired) electrons. The van der Waals surface area contributed by atoms with Crippen molar-refractivity contribution in [3.05, 3.63) is 47.2 Å². The largest absolute Gasteiger partial charge is 0.386 e. The summed E-state index contributed by atoms with van der Waals surface area (Å²) in [6.45, 7) is 2.66. The van der Waals surface area contributed by atoms with Crippen molar-refractivity contribution in [3.8, 4) is 6.07 Å². The molecule has 0 heterocycles. The Morgan fingerprint density at radius 3 is 2.70 bits per heavy atom. The Kier molecular flexibility index (Phi) is 6.22. The zero-order valence-electron chi connectivity index (χ0n) is 14.0. The van der Waals surface area contributed by atoms with Crippen molar-refractivity contribution in [2.75, 3.05) is 7.05 Å². The van der Waals surface area contributed by atoms with Gasteiger partial charge in [0, 0.05) is 25.8 Å². The number of nitrogens with one attached hydrogen (secondary N) is 1. The summed E-state index contributed by atoms with van der Waals surface area (Å²) in [6, 6.07) is 10.4. The molecule has 1 N–H and O–H groups in total. The van der Waals surface area contributed by atoms with Gasteiger partial charge in [-0.1, -0.05) is 43.5 Å². The second kappa shape index (κ2) is 8.38. The van der Waals surface area contributed by atoms with Crippen LogP contribution < -0.4 is 5.32 Å². The fourth-order valence-electron chi connectivity index (χ4n) is 3.04. The molecule has 122 valence electrons. The maximum absolute atomic E-state index is 12.5. The minimum absolute atomic E-state index is 0.173. The molecule has 1 aliphatic carbocycles. The summed E-state index contributed by atoms with van der Waals surface area (Å²) >= 11 is 0. The van der Waals surface area contributed by atoms with Crippen molar-refractivity contribution in [1.82, 2.24) is 10.2 Å². The number of hydrogen-bond donors (Lipinski definition) is 1. The van der Waals surface area contributed by atoms with Crippen LogP contribution in [0.3, 0.4) is 0 Å². The molecule has 0 bridgehead atoms. The molecule has 0 saturated heterocycles. The standard InChI is InChI=1S/C19H25N3O/c1-15-8-6-7-9-16(15)13-21-14-17(12-20)19(23)22(2)18-10-4-3-5-11-18/h6-9,14,18,21H,3-5,10-11,13H2,1-2H3/b17-14-. The van der Waals surface area contributed by atoms with Gasteiger partial charge in [-0.2, -0.15) is 5.26 Å². The van der Waals surface area contributed by atoms with Gasteiger partial charge in [-0.25, -0.2) is 0 Å². The zero-order valence-corrected chi connectivity index (χ0v) is 14.0. The van der Waals surface area contributed by atoms with E-state index in [1.165, 1.54) is 24.8 Å². The Labute approximate surface area is 138 Å². The van der Waals surface area contributed by atoms with Gasteiger partial charge in [0.25, 0.3) is 5.91 Å². The van der Waals surface area contributed by atoms with Crippen molar-refractivity contribution in [2.24, 2.45) is 0 Å². The van der Waals surface area contributed by atoms with Gasteiger partial charge in [0.2, 0.25) is 0 Å². The van der Waals surface area contributed by atoms with E-state index < -0.39 is 0 Å². The van der Waals surface area contributed by atoms with Crippen LogP contribution in [0.25, 0.3) is 0 Å². The van der Waals surface area contributed by atoms with E-state index in [2.05, 4.69) is 5.32 Å². The first-order valence-corrected chi connectivity index (χ1v) is 8.29. The summed E-state index contributed by atoms with van der Waals surface area (Å²) in [4.78, 5) is 14.2. The lowest BCUT2D eigenvalue weighted by molar-refractivity contribution is -0.128. The van der Waals surface area contributed by atoms with Gasteiger partial charge in [0.15, 0.2) is 0 Å². The molecule has 2 rings (SSSR count).